The molecule has 3 heterocycles. The standard InChI is InChI=1S/C35H32N6O4.Na/c1-23-37-31-21-36-16-13-32(31)41(23)22-24-14-17-40(18-15-24)34(43)20-29(25-5-3-2-4-6-25)26-7-9-27(10-8-26)38-39-28-11-12-33(42)30(19-28)35(44)45;/h2-13,16,19-21,24,42H,14-15,17-18,22H2,1H3,(H,44,45);/q;+1/p-1. The van der Waals surface area contributed by atoms with E-state index in [0.29, 0.717) is 24.7 Å². The van der Waals surface area contributed by atoms with Gasteiger partial charge in [0.1, 0.15) is 17.1 Å². The molecule has 0 aliphatic carbocycles. The number of fused-ring (bicyclic) bond motifs is 1. The molecule has 10 nitrogen and oxygen atoms in total. The fraction of sp³-hybridized carbons (Fsp3) is 0.200. The normalized spacial score (nSPS) is 14.0. The molecule has 0 saturated carbocycles. The molecule has 6 rings (SSSR count). The summed E-state index contributed by atoms with van der Waals surface area (Å²) in [6, 6.07) is 23.0. The van der Waals surface area contributed by atoms with Crippen molar-refractivity contribution < 1.29 is 49.4 Å². The molecule has 1 aliphatic heterocycles. The van der Waals surface area contributed by atoms with Crippen LogP contribution in [0.5, 0.6) is 5.75 Å². The molecule has 0 unspecified atom stereocenters. The van der Waals surface area contributed by atoms with E-state index in [9.17, 15) is 19.8 Å². The molecule has 226 valence electrons. The Kier molecular flexibility index (Phi) is 10.4. The van der Waals surface area contributed by atoms with Crippen molar-refractivity contribution in [2.75, 3.05) is 13.1 Å². The minimum Gasteiger partial charge on any atom is -0.545 e. The Hall–Kier alpha value is -4.64. The van der Waals surface area contributed by atoms with Crippen LogP contribution in [-0.4, -0.2) is 49.5 Å². The number of aryl methyl sites for hydroxylation is 1. The third-order valence-corrected chi connectivity index (χ3v) is 8.12. The predicted octanol–water partition coefficient (Wildman–Crippen LogP) is 2.60. The van der Waals surface area contributed by atoms with Crippen molar-refractivity contribution >= 4 is 39.9 Å². The van der Waals surface area contributed by atoms with Gasteiger partial charge in [-0.05, 0) is 78.8 Å². The monoisotopic (exact) mass is 622 g/mol. The summed E-state index contributed by atoms with van der Waals surface area (Å²) in [6.45, 7) is 4.26. The summed E-state index contributed by atoms with van der Waals surface area (Å²) in [5.74, 6) is -0.489. The molecule has 3 aromatic carbocycles. The fourth-order valence-electron chi connectivity index (χ4n) is 5.67. The van der Waals surface area contributed by atoms with E-state index >= 15 is 0 Å². The Morgan fingerprint density at radius 2 is 1.63 bits per heavy atom. The SMILES string of the molecule is Cc1nc2cnccc2n1CC1CCN(C(=O)C=C(c2ccccc2)c2ccc(N=Nc3ccc(O)c(C(=O)[O-])c3)cc2)CC1.[Na+]. The van der Waals surface area contributed by atoms with Gasteiger partial charge in [0.15, 0.2) is 0 Å². The largest absolute Gasteiger partial charge is 1.00 e. The molecule has 1 amide bonds. The van der Waals surface area contributed by atoms with E-state index in [1.165, 1.54) is 18.2 Å². The second-order valence-electron chi connectivity index (χ2n) is 11.1. The number of carboxylic acids is 1. The predicted molar refractivity (Wildman–Crippen MR) is 168 cm³/mol. The number of likely N-dealkylation sites (tertiary alicyclic amines) is 1. The van der Waals surface area contributed by atoms with E-state index in [1.54, 1.807) is 30.6 Å². The first kappa shape index (κ1) is 32.7. The van der Waals surface area contributed by atoms with Crippen LogP contribution in [0.15, 0.2) is 108 Å². The van der Waals surface area contributed by atoms with Crippen LogP contribution in [0.3, 0.4) is 0 Å². The number of piperidine rings is 1. The number of carbonyl (C=O) groups is 2. The number of amides is 1. The average molecular weight is 623 g/mol. The number of nitrogens with zero attached hydrogens (tertiary/aromatic N) is 6. The number of aromatic hydroxyl groups is 1. The van der Waals surface area contributed by atoms with Crippen LogP contribution in [0.4, 0.5) is 11.4 Å². The van der Waals surface area contributed by atoms with Gasteiger partial charge in [0, 0.05) is 37.5 Å². The molecule has 1 fully saturated rings. The molecule has 0 atom stereocenters. The van der Waals surface area contributed by atoms with E-state index < -0.39 is 11.7 Å². The van der Waals surface area contributed by atoms with Gasteiger partial charge in [-0.15, -0.1) is 0 Å². The Labute approximate surface area is 288 Å². The van der Waals surface area contributed by atoms with Crippen LogP contribution in [0.1, 0.15) is 40.2 Å². The van der Waals surface area contributed by atoms with Crippen LogP contribution in [0.2, 0.25) is 0 Å². The molecular weight excluding hydrogens is 591 g/mol. The first-order valence-corrected chi connectivity index (χ1v) is 14.7. The number of carbonyl (C=O) groups excluding carboxylic acids is 2. The number of phenols is 1. The van der Waals surface area contributed by atoms with Crippen molar-refractivity contribution in [1.29, 1.82) is 0 Å². The molecule has 1 N–H and O–H groups in total. The number of carboxylic acid groups (broad SMARTS) is 1. The minimum atomic E-state index is -1.50. The van der Waals surface area contributed by atoms with E-state index in [4.69, 9.17) is 0 Å². The van der Waals surface area contributed by atoms with Gasteiger partial charge in [-0.3, -0.25) is 9.78 Å². The molecule has 1 saturated heterocycles. The van der Waals surface area contributed by atoms with E-state index in [0.717, 1.165) is 52.9 Å². The Morgan fingerprint density at radius 1 is 0.957 bits per heavy atom. The summed E-state index contributed by atoms with van der Waals surface area (Å²) < 4.78 is 2.26. The van der Waals surface area contributed by atoms with Gasteiger partial charge in [0.05, 0.1) is 29.1 Å². The van der Waals surface area contributed by atoms with Crippen LogP contribution in [0, 0.1) is 12.8 Å². The summed E-state index contributed by atoms with van der Waals surface area (Å²) >= 11 is 0. The maximum absolute atomic E-state index is 13.6. The summed E-state index contributed by atoms with van der Waals surface area (Å²) in [6.07, 6.45) is 7.13. The molecule has 46 heavy (non-hydrogen) atoms. The number of aromatic carboxylic acids is 1. The van der Waals surface area contributed by atoms with Gasteiger partial charge in [-0.25, -0.2) is 4.98 Å². The molecule has 0 spiro atoms. The number of azo groups is 1. The van der Waals surface area contributed by atoms with Crippen LogP contribution in [-0.2, 0) is 11.3 Å². The fourth-order valence-corrected chi connectivity index (χ4v) is 5.67. The van der Waals surface area contributed by atoms with Crippen molar-refractivity contribution in [3.05, 3.63) is 120 Å². The van der Waals surface area contributed by atoms with Crippen molar-refractivity contribution in [2.24, 2.45) is 16.1 Å². The Morgan fingerprint density at radius 3 is 2.35 bits per heavy atom. The Bertz CT molecular complexity index is 1910. The van der Waals surface area contributed by atoms with Crippen LogP contribution in [0.25, 0.3) is 16.6 Å². The van der Waals surface area contributed by atoms with E-state index in [-0.39, 0.29) is 46.7 Å². The number of rotatable bonds is 8. The maximum Gasteiger partial charge on any atom is 1.00 e. The zero-order valence-corrected chi connectivity index (χ0v) is 27.7. The van der Waals surface area contributed by atoms with Crippen molar-refractivity contribution in [3.8, 4) is 5.75 Å². The van der Waals surface area contributed by atoms with E-state index in [2.05, 4.69) is 24.8 Å². The van der Waals surface area contributed by atoms with Crippen molar-refractivity contribution in [2.45, 2.75) is 26.3 Å². The third kappa shape index (κ3) is 7.42. The summed E-state index contributed by atoms with van der Waals surface area (Å²) in [5.41, 5.74) is 5.03. The van der Waals surface area contributed by atoms with Gasteiger partial charge in [0.2, 0.25) is 5.91 Å². The van der Waals surface area contributed by atoms with E-state index in [1.807, 2.05) is 60.4 Å². The zero-order chi connectivity index (χ0) is 31.3. The van der Waals surface area contributed by atoms with Gasteiger partial charge >= 0.3 is 29.6 Å². The first-order valence-electron chi connectivity index (χ1n) is 14.7. The van der Waals surface area contributed by atoms with Gasteiger partial charge in [0.25, 0.3) is 0 Å². The number of hydrogen-bond acceptors (Lipinski definition) is 8. The van der Waals surface area contributed by atoms with Gasteiger partial charge in [-0.2, -0.15) is 10.2 Å². The summed E-state index contributed by atoms with van der Waals surface area (Å²) in [4.78, 5) is 35.5. The van der Waals surface area contributed by atoms with Crippen molar-refractivity contribution in [1.82, 2.24) is 19.4 Å². The first-order chi connectivity index (χ1) is 21.9. The van der Waals surface area contributed by atoms with Crippen LogP contribution >= 0.6 is 0 Å². The molecule has 11 heteroatoms. The number of benzene rings is 3. The number of pyridine rings is 1. The number of imidazole rings is 1. The quantitative estimate of drug-likeness (QED) is 0.161. The zero-order valence-electron chi connectivity index (χ0n) is 25.7. The molecule has 1 aliphatic rings. The summed E-state index contributed by atoms with van der Waals surface area (Å²) in [7, 11) is 0. The third-order valence-electron chi connectivity index (χ3n) is 8.12. The second kappa shape index (κ2) is 14.6. The van der Waals surface area contributed by atoms with Crippen LogP contribution < -0.4 is 34.7 Å². The molecule has 5 aromatic rings. The van der Waals surface area contributed by atoms with Crippen molar-refractivity contribution in [3.63, 3.8) is 0 Å². The second-order valence-corrected chi connectivity index (χ2v) is 11.1. The van der Waals surface area contributed by atoms with Gasteiger partial charge < -0.3 is 24.5 Å². The summed E-state index contributed by atoms with van der Waals surface area (Å²) in [5, 5.41) is 29.2. The number of hydrogen-bond donors (Lipinski definition) is 1. The maximum atomic E-state index is 13.6. The minimum absolute atomic E-state index is 0. The molecule has 0 radical (unpaired) electrons. The topological polar surface area (TPSA) is 136 Å². The smallest absolute Gasteiger partial charge is 0.545 e. The Balaban J connectivity index is 0.00000417. The average Bonchev–Trinajstić information content (AvgIpc) is 3.38. The number of aromatic nitrogens is 3. The van der Waals surface area contributed by atoms with Gasteiger partial charge in [-0.1, -0.05) is 42.5 Å². The molecular formula is C35H31N6NaO4. The molecule has 2 aromatic heterocycles. The molecule has 0 bridgehead atoms.